The lowest BCUT2D eigenvalue weighted by Gasteiger charge is -2.07. The van der Waals surface area contributed by atoms with Gasteiger partial charge in [0.15, 0.2) is 0 Å². The van der Waals surface area contributed by atoms with Crippen molar-refractivity contribution in [2.75, 3.05) is 6.54 Å². The van der Waals surface area contributed by atoms with E-state index in [1.54, 1.807) is 24.3 Å². The topological polar surface area (TPSA) is 46.2 Å². The summed E-state index contributed by atoms with van der Waals surface area (Å²) in [5.74, 6) is 0.395. The maximum Gasteiger partial charge on any atom is 0.240 e. The highest BCUT2D eigenvalue weighted by atomic mass is 35.5. The molecule has 0 aliphatic rings. The third kappa shape index (κ3) is 10.5. The van der Waals surface area contributed by atoms with Crippen LogP contribution in [0.25, 0.3) is 0 Å². The van der Waals surface area contributed by atoms with Gasteiger partial charge in [-0.1, -0.05) is 89.7 Å². The molecule has 0 atom stereocenters. The molecular weight excluding hydrogens is 366 g/mol. The first-order valence-corrected chi connectivity index (χ1v) is 12.3. The van der Waals surface area contributed by atoms with Crippen molar-refractivity contribution < 1.29 is 8.42 Å². The lowest BCUT2D eigenvalue weighted by atomic mass is 10.1. The fourth-order valence-electron chi connectivity index (χ4n) is 3.01. The van der Waals surface area contributed by atoms with Crippen LogP contribution in [0.4, 0.5) is 0 Å². The van der Waals surface area contributed by atoms with Gasteiger partial charge >= 0.3 is 0 Å². The van der Waals surface area contributed by atoms with Gasteiger partial charge in [-0.3, -0.25) is 0 Å². The van der Waals surface area contributed by atoms with Gasteiger partial charge in [0, 0.05) is 12.4 Å². The Bertz CT molecular complexity index is 558. The number of alkyl halides is 1. The van der Waals surface area contributed by atoms with Crippen LogP contribution >= 0.6 is 11.6 Å². The zero-order chi connectivity index (χ0) is 19.1. The zero-order valence-corrected chi connectivity index (χ0v) is 17.9. The average molecular weight is 402 g/mol. The lowest BCUT2D eigenvalue weighted by molar-refractivity contribution is 0.540. The van der Waals surface area contributed by atoms with Gasteiger partial charge < -0.3 is 0 Å². The van der Waals surface area contributed by atoms with Gasteiger partial charge in [0.25, 0.3) is 0 Å². The van der Waals surface area contributed by atoms with E-state index in [1.165, 1.54) is 64.2 Å². The molecule has 0 aromatic heterocycles. The molecule has 0 heterocycles. The molecule has 0 aliphatic carbocycles. The van der Waals surface area contributed by atoms with E-state index in [4.69, 9.17) is 11.6 Å². The molecule has 150 valence electrons. The Hall–Kier alpha value is -0.580. The predicted molar refractivity (Wildman–Crippen MR) is 112 cm³/mol. The van der Waals surface area contributed by atoms with E-state index in [9.17, 15) is 8.42 Å². The average Bonchev–Trinajstić information content (AvgIpc) is 2.65. The van der Waals surface area contributed by atoms with Crippen molar-refractivity contribution >= 4 is 21.6 Å². The number of hydrogen-bond acceptors (Lipinski definition) is 2. The van der Waals surface area contributed by atoms with E-state index in [0.29, 0.717) is 17.3 Å². The molecule has 1 rings (SSSR count). The summed E-state index contributed by atoms with van der Waals surface area (Å²) in [5.41, 5.74) is 0.923. The van der Waals surface area contributed by atoms with E-state index < -0.39 is 10.0 Å². The fraction of sp³-hybridized carbons (Fsp3) is 0.714. The Balaban J connectivity index is 2.01. The highest BCUT2D eigenvalue weighted by Gasteiger charge is 2.12. The minimum Gasteiger partial charge on any atom is -0.211 e. The van der Waals surface area contributed by atoms with Gasteiger partial charge in [0.2, 0.25) is 10.0 Å². The van der Waals surface area contributed by atoms with Crippen molar-refractivity contribution in [3.8, 4) is 0 Å². The summed E-state index contributed by atoms with van der Waals surface area (Å²) in [7, 11) is -3.39. The van der Waals surface area contributed by atoms with Gasteiger partial charge in [-0.15, -0.1) is 11.6 Å². The first-order chi connectivity index (χ1) is 12.6. The Morgan fingerprint density at radius 1 is 0.769 bits per heavy atom. The van der Waals surface area contributed by atoms with E-state index in [2.05, 4.69) is 11.6 Å². The molecule has 1 aromatic carbocycles. The van der Waals surface area contributed by atoms with Crippen LogP contribution in [-0.2, 0) is 15.9 Å². The van der Waals surface area contributed by atoms with Gasteiger partial charge in [0.05, 0.1) is 4.90 Å². The molecule has 0 unspecified atom stereocenters. The quantitative estimate of drug-likeness (QED) is 0.257. The highest BCUT2D eigenvalue weighted by Crippen LogP contribution is 2.13. The molecule has 1 N–H and O–H groups in total. The summed E-state index contributed by atoms with van der Waals surface area (Å²) in [5, 5.41) is 0. The molecular formula is C21H36ClNO2S. The van der Waals surface area contributed by atoms with Crippen molar-refractivity contribution in [2.45, 2.75) is 94.7 Å². The van der Waals surface area contributed by atoms with Crippen LogP contribution in [0.15, 0.2) is 29.2 Å². The van der Waals surface area contributed by atoms with Gasteiger partial charge in [-0.05, 0) is 24.1 Å². The Morgan fingerprint density at radius 3 is 1.69 bits per heavy atom. The van der Waals surface area contributed by atoms with Gasteiger partial charge in [-0.25, -0.2) is 13.1 Å². The lowest BCUT2D eigenvalue weighted by Crippen LogP contribution is -2.24. The first-order valence-electron chi connectivity index (χ1n) is 10.2. The molecule has 3 nitrogen and oxygen atoms in total. The van der Waals surface area contributed by atoms with Crippen LogP contribution < -0.4 is 4.72 Å². The van der Waals surface area contributed by atoms with E-state index in [1.807, 2.05) is 0 Å². The van der Waals surface area contributed by atoms with Gasteiger partial charge in [-0.2, -0.15) is 0 Å². The molecule has 0 bridgehead atoms. The van der Waals surface area contributed by atoms with Crippen molar-refractivity contribution in [3.63, 3.8) is 0 Å². The van der Waals surface area contributed by atoms with Crippen LogP contribution in [0.1, 0.15) is 89.5 Å². The molecule has 0 saturated heterocycles. The summed E-state index contributed by atoms with van der Waals surface area (Å²) in [6.07, 6.45) is 15.3. The second-order valence-corrected chi connectivity index (χ2v) is 9.10. The fourth-order valence-corrected chi connectivity index (χ4v) is 4.27. The smallest absolute Gasteiger partial charge is 0.211 e. The maximum absolute atomic E-state index is 12.2. The van der Waals surface area contributed by atoms with Crippen molar-refractivity contribution in [3.05, 3.63) is 29.8 Å². The molecule has 0 aliphatic heterocycles. The maximum atomic E-state index is 12.2. The van der Waals surface area contributed by atoms with E-state index >= 15 is 0 Å². The van der Waals surface area contributed by atoms with Crippen LogP contribution in [0.2, 0.25) is 0 Å². The number of rotatable bonds is 16. The van der Waals surface area contributed by atoms with Crippen LogP contribution in [0.5, 0.6) is 0 Å². The molecule has 0 spiro atoms. The standard InChI is InChI=1S/C21H36ClNO2S/c1-2-3-4-5-6-7-8-9-10-11-12-13-18-23-26(24,25)21-16-14-20(19-22)15-17-21/h14-17,23H,2-13,18-19H2,1H3. The molecule has 0 saturated carbocycles. The van der Waals surface area contributed by atoms with Crippen molar-refractivity contribution in [1.29, 1.82) is 0 Å². The molecule has 1 aromatic rings. The number of hydrogen-bond donors (Lipinski definition) is 1. The Kier molecular flexibility index (Phi) is 13.1. The number of nitrogens with one attached hydrogen (secondary N) is 1. The van der Waals surface area contributed by atoms with Gasteiger partial charge in [0.1, 0.15) is 0 Å². The molecule has 5 heteroatoms. The molecule has 26 heavy (non-hydrogen) atoms. The van der Waals surface area contributed by atoms with Crippen molar-refractivity contribution in [2.24, 2.45) is 0 Å². The Labute approximate surface area is 166 Å². The number of unbranched alkanes of at least 4 members (excludes halogenated alkanes) is 11. The number of halogens is 1. The number of sulfonamides is 1. The van der Waals surface area contributed by atoms with Crippen LogP contribution in [0.3, 0.4) is 0 Å². The zero-order valence-electron chi connectivity index (χ0n) is 16.3. The minimum atomic E-state index is -3.39. The third-order valence-electron chi connectivity index (χ3n) is 4.71. The van der Waals surface area contributed by atoms with Crippen LogP contribution in [-0.4, -0.2) is 15.0 Å². The first kappa shape index (κ1) is 23.5. The summed E-state index contributed by atoms with van der Waals surface area (Å²) < 4.78 is 27.1. The summed E-state index contributed by atoms with van der Waals surface area (Å²) in [6, 6.07) is 6.74. The summed E-state index contributed by atoms with van der Waals surface area (Å²) in [4.78, 5) is 0.310. The Morgan fingerprint density at radius 2 is 1.23 bits per heavy atom. The van der Waals surface area contributed by atoms with E-state index in [-0.39, 0.29) is 0 Å². The predicted octanol–water partition coefficient (Wildman–Crippen LogP) is 6.40. The minimum absolute atomic E-state index is 0.310. The molecule has 0 fully saturated rings. The van der Waals surface area contributed by atoms with Crippen LogP contribution in [0, 0.1) is 0 Å². The summed E-state index contributed by atoms with van der Waals surface area (Å²) in [6.45, 7) is 2.77. The molecule has 0 amide bonds. The normalized spacial score (nSPS) is 11.8. The largest absolute Gasteiger partial charge is 0.240 e. The molecule has 0 radical (unpaired) electrons. The number of benzene rings is 1. The van der Waals surface area contributed by atoms with E-state index in [0.717, 1.165) is 18.4 Å². The SMILES string of the molecule is CCCCCCCCCCCCCCNS(=O)(=O)c1ccc(CCl)cc1. The summed E-state index contributed by atoms with van der Waals surface area (Å²) >= 11 is 5.73. The van der Waals surface area contributed by atoms with Crippen molar-refractivity contribution in [1.82, 2.24) is 4.72 Å². The second kappa shape index (κ2) is 14.5. The monoisotopic (exact) mass is 401 g/mol. The highest BCUT2D eigenvalue weighted by molar-refractivity contribution is 7.89. The second-order valence-electron chi connectivity index (χ2n) is 7.06. The third-order valence-corrected chi connectivity index (χ3v) is 6.50.